The zero-order chi connectivity index (χ0) is 13.8. The number of rotatable bonds is 4. The number of halogens is 1. The number of hydrogen-bond donors (Lipinski definition) is 0. The van der Waals surface area contributed by atoms with Crippen LogP contribution in [0.3, 0.4) is 0 Å². The summed E-state index contributed by atoms with van der Waals surface area (Å²) in [6.45, 7) is 2.30. The van der Waals surface area contributed by atoms with Gasteiger partial charge in [0.2, 0.25) is 0 Å². The summed E-state index contributed by atoms with van der Waals surface area (Å²) < 4.78 is 7.38. The molecule has 0 radical (unpaired) electrons. The number of nitriles is 1. The van der Waals surface area contributed by atoms with Gasteiger partial charge < -0.3 is 4.74 Å². The van der Waals surface area contributed by atoms with Gasteiger partial charge in [0, 0.05) is 7.05 Å². The number of ether oxygens (including phenoxy) is 1. The van der Waals surface area contributed by atoms with E-state index in [2.05, 4.69) is 11.2 Å². The van der Waals surface area contributed by atoms with Crippen LogP contribution in [0.15, 0.2) is 24.3 Å². The van der Waals surface area contributed by atoms with Crippen molar-refractivity contribution in [3.8, 4) is 11.8 Å². The van der Waals surface area contributed by atoms with Gasteiger partial charge in [-0.05, 0) is 18.6 Å². The van der Waals surface area contributed by atoms with E-state index < -0.39 is 0 Å². The Hall–Kier alpha value is -1.99. The van der Waals surface area contributed by atoms with Crippen LogP contribution in [0, 0.1) is 11.3 Å². The first kappa shape index (κ1) is 13.4. The Morgan fingerprint density at radius 2 is 2.16 bits per heavy atom. The molecule has 0 atom stereocenters. The zero-order valence-electron chi connectivity index (χ0n) is 10.9. The molecule has 0 bridgehead atoms. The zero-order valence-corrected chi connectivity index (χ0v) is 11.6. The Morgan fingerprint density at radius 1 is 1.42 bits per heavy atom. The van der Waals surface area contributed by atoms with Crippen molar-refractivity contribution in [2.75, 3.05) is 0 Å². The second-order valence-corrected chi connectivity index (χ2v) is 4.46. The quantitative estimate of drug-likeness (QED) is 0.861. The maximum absolute atomic E-state index is 8.99. The van der Waals surface area contributed by atoms with E-state index in [-0.39, 0.29) is 0 Å². The molecule has 0 amide bonds. The van der Waals surface area contributed by atoms with Crippen LogP contribution in [0.1, 0.15) is 23.9 Å². The third kappa shape index (κ3) is 2.72. The highest BCUT2D eigenvalue weighted by Crippen LogP contribution is 2.24. The summed E-state index contributed by atoms with van der Waals surface area (Å²) >= 11 is 6.24. The lowest BCUT2D eigenvalue weighted by atomic mass is 10.2. The van der Waals surface area contributed by atoms with Crippen LogP contribution in [-0.4, -0.2) is 9.78 Å². The molecule has 0 spiro atoms. The summed E-state index contributed by atoms with van der Waals surface area (Å²) in [5.74, 6) is 0.556. The summed E-state index contributed by atoms with van der Waals surface area (Å²) in [6, 6.07) is 9.22. The van der Waals surface area contributed by atoms with Crippen molar-refractivity contribution in [3.05, 3.63) is 46.2 Å². The minimum Gasteiger partial charge on any atom is -0.486 e. The molecule has 0 saturated carbocycles. The van der Waals surface area contributed by atoms with Crippen molar-refractivity contribution in [3.63, 3.8) is 0 Å². The van der Waals surface area contributed by atoms with E-state index in [0.29, 0.717) is 22.9 Å². The monoisotopic (exact) mass is 275 g/mol. The van der Waals surface area contributed by atoms with Gasteiger partial charge in [-0.1, -0.05) is 30.7 Å². The maximum Gasteiger partial charge on any atom is 0.137 e. The van der Waals surface area contributed by atoms with Crippen LogP contribution in [0.5, 0.6) is 5.75 Å². The predicted molar refractivity (Wildman–Crippen MR) is 73.1 cm³/mol. The van der Waals surface area contributed by atoms with Gasteiger partial charge in [0.1, 0.15) is 18.4 Å². The molecule has 98 valence electrons. The second-order valence-electron chi connectivity index (χ2n) is 4.08. The third-order valence-corrected chi connectivity index (χ3v) is 3.31. The number of aryl methyl sites for hydroxylation is 2. The molecule has 1 heterocycles. The van der Waals surface area contributed by atoms with E-state index in [1.807, 2.05) is 20.0 Å². The van der Waals surface area contributed by atoms with Crippen molar-refractivity contribution in [2.24, 2.45) is 7.05 Å². The Labute approximate surface area is 117 Å². The van der Waals surface area contributed by atoms with Crippen molar-refractivity contribution < 1.29 is 4.74 Å². The maximum atomic E-state index is 8.99. The minimum atomic E-state index is 0.293. The first-order valence-corrected chi connectivity index (χ1v) is 6.37. The standard InChI is InChI=1S/C14H14ClN3O/c1-3-11-14(15)12(18(2)17-11)9-19-13-7-5-4-6-10(13)8-16/h4-7H,3,9H2,1-2H3. The summed E-state index contributed by atoms with van der Waals surface area (Å²) in [6.07, 6.45) is 0.779. The summed E-state index contributed by atoms with van der Waals surface area (Å²) in [4.78, 5) is 0. The molecule has 0 fully saturated rings. The molecule has 0 aliphatic heterocycles. The highest BCUT2D eigenvalue weighted by molar-refractivity contribution is 6.31. The van der Waals surface area contributed by atoms with Crippen LogP contribution in [0.25, 0.3) is 0 Å². The molecule has 1 aromatic carbocycles. The molecule has 2 rings (SSSR count). The average molecular weight is 276 g/mol. The van der Waals surface area contributed by atoms with Gasteiger partial charge in [-0.2, -0.15) is 10.4 Å². The van der Waals surface area contributed by atoms with Crippen LogP contribution in [0.4, 0.5) is 0 Å². The van der Waals surface area contributed by atoms with Gasteiger partial charge in [-0.15, -0.1) is 0 Å². The number of para-hydroxylation sites is 1. The first-order valence-electron chi connectivity index (χ1n) is 5.99. The fourth-order valence-electron chi connectivity index (χ4n) is 1.81. The molecule has 5 heteroatoms. The van der Waals surface area contributed by atoms with Gasteiger partial charge >= 0.3 is 0 Å². The largest absolute Gasteiger partial charge is 0.486 e. The fraction of sp³-hybridized carbons (Fsp3) is 0.286. The summed E-state index contributed by atoms with van der Waals surface area (Å²) in [5.41, 5.74) is 2.18. The lowest BCUT2D eigenvalue weighted by Crippen LogP contribution is -2.04. The van der Waals surface area contributed by atoms with Crippen LogP contribution < -0.4 is 4.74 Å². The lowest BCUT2D eigenvalue weighted by molar-refractivity contribution is 0.294. The Morgan fingerprint density at radius 3 is 2.79 bits per heavy atom. The SMILES string of the molecule is CCc1nn(C)c(COc2ccccc2C#N)c1Cl. The fourth-order valence-corrected chi connectivity index (χ4v) is 2.16. The van der Waals surface area contributed by atoms with Gasteiger partial charge in [-0.3, -0.25) is 4.68 Å². The molecule has 0 unspecified atom stereocenters. The highest BCUT2D eigenvalue weighted by Gasteiger charge is 2.14. The molecule has 0 aliphatic rings. The molecular formula is C14H14ClN3O. The molecule has 4 nitrogen and oxygen atoms in total. The summed E-state index contributed by atoms with van der Waals surface area (Å²) in [7, 11) is 1.83. The lowest BCUT2D eigenvalue weighted by Gasteiger charge is -2.08. The van der Waals surface area contributed by atoms with E-state index in [0.717, 1.165) is 17.8 Å². The van der Waals surface area contributed by atoms with E-state index >= 15 is 0 Å². The molecule has 1 aromatic heterocycles. The predicted octanol–water partition coefficient (Wildman–Crippen LogP) is 3.09. The third-order valence-electron chi connectivity index (χ3n) is 2.87. The molecular weight excluding hydrogens is 262 g/mol. The molecule has 19 heavy (non-hydrogen) atoms. The second kappa shape index (κ2) is 5.77. The highest BCUT2D eigenvalue weighted by atomic mass is 35.5. The van der Waals surface area contributed by atoms with Gasteiger partial charge in [0.25, 0.3) is 0 Å². The van der Waals surface area contributed by atoms with Crippen molar-refractivity contribution in [1.82, 2.24) is 9.78 Å². The molecule has 0 saturated heterocycles. The van der Waals surface area contributed by atoms with Gasteiger partial charge in [0.05, 0.1) is 22.0 Å². The van der Waals surface area contributed by atoms with Crippen molar-refractivity contribution in [2.45, 2.75) is 20.0 Å². The van der Waals surface area contributed by atoms with Crippen LogP contribution in [-0.2, 0) is 20.1 Å². The van der Waals surface area contributed by atoms with E-state index in [4.69, 9.17) is 21.6 Å². The van der Waals surface area contributed by atoms with Gasteiger partial charge in [-0.25, -0.2) is 0 Å². The number of benzene rings is 1. The van der Waals surface area contributed by atoms with E-state index in [1.54, 1.807) is 22.9 Å². The number of aromatic nitrogens is 2. The summed E-state index contributed by atoms with van der Waals surface area (Å²) in [5, 5.41) is 14.0. The minimum absolute atomic E-state index is 0.293. The molecule has 0 aliphatic carbocycles. The number of hydrogen-bond acceptors (Lipinski definition) is 3. The van der Waals surface area contributed by atoms with E-state index in [1.165, 1.54) is 0 Å². The van der Waals surface area contributed by atoms with E-state index in [9.17, 15) is 0 Å². The Balaban J connectivity index is 2.20. The first-order chi connectivity index (χ1) is 9.17. The van der Waals surface area contributed by atoms with Crippen LogP contribution in [0.2, 0.25) is 5.02 Å². The Bertz CT molecular complexity index is 628. The Kier molecular flexibility index (Phi) is 4.08. The number of nitrogens with zero attached hydrogens (tertiary/aromatic N) is 3. The van der Waals surface area contributed by atoms with Crippen LogP contribution >= 0.6 is 11.6 Å². The van der Waals surface area contributed by atoms with Crippen molar-refractivity contribution in [1.29, 1.82) is 5.26 Å². The molecule has 2 aromatic rings. The average Bonchev–Trinajstić information content (AvgIpc) is 2.71. The smallest absolute Gasteiger partial charge is 0.137 e. The molecule has 0 N–H and O–H groups in total. The normalized spacial score (nSPS) is 10.2. The van der Waals surface area contributed by atoms with Gasteiger partial charge in [0.15, 0.2) is 0 Å². The topological polar surface area (TPSA) is 50.8 Å². The van der Waals surface area contributed by atoms with Crippen molar-refractivity contribution >= 4 is 11.6 Å².